The van der Waals surface area contributed by atoms with Crippen molar-refractivity contribution in [2.24, 2.45) is 5.41 Å². The van der Waals surface area contributed by atoms with Crippen LogP contribution < -0.4 is 10.2 Å². The maximum atomic E-state index is 12.8. The molecule has 9 heteroatoms. The summed E-state index contributed by atoms with van der Waals surface area (Å²) in [6.07, 6.45) is 0.796. The van der Waals surface area contributed by atoms with Crippen LogP contribution in [0.1, 0.15) is 51.2 Å². The lowest BCUT2D eigenvalue weighted by Gasteiger charge is -2.42. The van der Waals surface area contributed by atoms with Crippen LogP contribution in [0.3, 0.4) is 0 Å². The van der Waals surface area contributed by atoms with E-state index in [0.717, 1.165) is 6.42 Å². The highest BCUT2D eigenvalue weighted by Gasteiger charge is 2.34. The molecule has 2 aromatic carbocycles. The Kier molecular flexibility index (Phi) is 10.1. The first-order chi connectivity index (χ1) is 19.1. The lowest BCUT2D eigenvalue weighted by Crippen LogP contribution is -2.56. The quantitative estimate of drug-likeness (QED) is 0.201. The molecular formula is C31H38ClN5O2S. The number of anilines is 1. The number of nitrogens with zero attached hydrogens (tertiary/aromatic N) is 4. The molecule has 4 rings (SSSR count). The van der Waals surface area contributed by atoms with Crippen molar-refractivity contribution in [1.82, 2.24) is 20.2 Å². The predicted octanol–water partition coefficient (Wildman–Crippen LogP) is 5.64. The molecule has 7 nitrogen and oxygen atoms in total. The third kappa shape index (κ3) is 7.98. The highest BCUT2D eigenvalue weighted by Crippen LogP contribution is 2.28. The van der Waals surface area contributed by atoms with Gasteiger partial charge in [0.05, 0.1) is 5.75 Å². The van der Waals surface area contributed by atoms with E-state index in [9.17, 15) is 9.59 Å². The van der Waals surface area contributed by atoms with Gasteiger partial charge in [-0.3, -0.25) is 9.59 Å². The Labute approximate surface area is 246 Å². The van der Waals surface area contributed by atoms with Gasteiger partial charge in [-0.25, -0.2) is 9.97 Å². The van der Waals surface area contributed by atoms with E-state index in [-0.39, 0.29) is 29.5 Å². The third-order valence-corrected chi connectivity index (χ3v) is 8.05. The Morgan fingerprint density at radius 1 is 1.02 bits per heavy atom. The predicted molar refractivity (Wildman–Crippen MR) is 163 cm³/mol. The SMILES string of the molecule is CC1CN(c2cc(Cl)nc(SCC(=O)NCCC(c3ccccc3)c3ccccc3)n2)CCN1C(=O)C(C)(C)C. The van der Waals surface area contributed by atoms with Crippen molar-refractivity contribution in [3.05, 3.63) is 83.0 Å². The van der Waals surface area contributed by atoms with Gasteiger partial charge in [0.25, 0.3) is 0 Å². The molecule has 1 atom stereocenters. The van der Waals surface area contributed by atoms with Crippen molar-refractivity contribution in [2.75, 3.05) is 36.8 Å². The zero-order chi connectivity index (χ0) is 28.7. The topological polar surface area (TPSA) is 78.4 Å². The third-order valence-electron chi connectivity index (χ3n) is 7.01. The number of halogens is 1. The minimum Gasteiger partial charge on any atom is -0.355 e. The van der Waals surface area contributed by atoms with E-state index in [1.807, 2.05) is 62.1 Å². The van der Waals surface area contributed by atoms with Crippen LogP contribution in [0.4, 0.5) is 5.82 Å². The second-order valence-electron chi connectivity index (χ2n) is 11.2. The van der Waals surface area contributed by atoms with Gasteiger partial charge in [0.1, 0.15) is 11.0 Å². The van der Waals surface area contributed by atoms with Crippen molar-refractivity contribution in [3.63, 3.8) is 0 Å². The average Bonchev–Trinajstić information content (AvgIpc) is 2.94. The summed E-state index contributed by atoms with van der Waals surface area (Å²) in [5.41, 5.74) is 2.05. The molecule has 0 spiro atoms. The summed E-state index contributed by atoms with van der Waals surface area (Å²) in [4.78, 5) is 38.6. The molecule has 2 heterocycles. The van der Waals surface area contributed by atoms with Crippen molar-refractivity contribution in [3.8, 4) is 0 Å². The molecule has 40 heavy (non-hydrogen) atoms. The second kappa shape index (κ2) is 13.5. The molecule has 1 aromatic heterocycles. The van der Waals surface area contributed by atoms with E-state index >= 15 is 0 Å². The van der Waals surface area contributed by atoms with Gasteiger partial charge in [-0.1, -0.05) is 105 Å². The summed E-state index contributed by atoms with van der Waals surface area (Å²) in [5.74, 6) is 1.20. The smallest absolute Gasteiger partial charge is 0.230 e. The number of aromatic nitrogens is 2. The van der Waals surface area contributed by atoms with E-state index in [1.54, 1.807) is 6.07 Å². The molecule has 1 N–H and O–H groups in total. The number of amides is 2. The summed E-state index contributed by atoms with van der Waals surface area (Å²) < 4.78 is 0. The molecule has 1 fully saturated rings. The number of hydrogen-bond acceptors (Lipinski definition) is 6. The molecule has 0 saturated carbocycles. The molecule has 0 bridgehead atoms. The molecule has 3 aromatic rings. The maximum absolute atomic E-state index is 12.8. The number of hydrogen-bond donors (Lipinski definition) is 1. The van der Waals surface area contributed by atoms with E-state index in [0.29, 0.717) is 42.3 Å². The van der Waals surface area contributed by atoms with Crippen LogP contribution in [0.15, 0.2) is 71.9 Å². The number of carbonyl (C=O) groups excluding carboxylic acids is 2. The first-order valence-electron chi connectivity index (χ1n) is 13.7. The number of benzene rings is 2. The fraction of sp³-hybridized carbons (Fsp3) is 0.419. The summed E-state index contributed by atoms with van der Waals surface area (Å²) in [6.45, 7) is 10.4. The van der Waals surface area contributed by atoms with Crippen LogP contribution in [0.5, 0.6) is 0 Å². The fourth-order valence-corrected chi connectivity index (χ4v) is 5.85. The highest BCUT2D eigenvalue weighted by molar-refractivity contribution is 7.99. The van der Waals surface area contributed by atoms with Crippen LogP contribution in [0.25, 0.3) is 0 Å². The van der Waals surface area contributed by atoms with Crippen molar-refractivity contribution in [1.29, 1.82) is 0 Å². The van der Waals surface area contributed by atoms with Gasteiger partial charge in [-0.05, 0) is 24.5 Å². The van der Waals surface area contributed by atoms with Gasteiger partial charge < -0.3 is 15.1 Å². The molecule has 0 aliphatic carbocycles. The van der Waals surface area contributed by atoms with Gasteiger partial charge in [0.15, 0.2) is 5.16 Å². The Bertz CT molecular complexity index is 1250. The molecule has 1 saturated heterocycles. The second-order valence-corrected chi connectivity index (χ2v) is 12.5. The van der Waals surface area contributed by atoms with Crippen LogP contribution in [0, 0.1) is 5.41 Å². The molecular weight excluding hydrogens is 542 g/mol. The number of thioether (sulfide) groups is 1. The summed E-state index contributed by atoms with van der Waals surface area (Å²) in [5, 5.41) is 3.85. The first-order valence-corrected chi connectivity index (χ1v) is 15.1. The Morgan fingerprint density at radius 2 is 1.65 bits per heavy atom. The van der Waals surface area contributed by atoms with Crippen LogP contribution in [-0.2, 0) is 9.59 Å². The van der Waals surface area contributed by atoms with E-state index in [2.05, 4.69) is 51.4 Å². The van der Waals surface area contributed by atoms with Crippen LogP contribution in [0.2, 0.25) is 5.15 Å². The maximum Gasteiger partial charge on any atom is 0.230 e. The Balaban J connectivity index is 1.31. The van der Waals surface area contributed by atoms with E-state index in [1.165, 1.54) is 22.9 Å². The largest absolute Gasteiger partial charge is 0.355 e. The van der Waals surface area contributed by atoms with Crippen molar-refractivity contribution >= 4 is 41.0 Å². The Hall–Kier alpha value is -3.10. The van der Waals surface area contributed by atoms with Crippen LogP contribution in [-0.4, -0.2) is 64.7 Å². The van der Waals surface area contributed by atoms with Gasteiger partial charge in [-0.15, -0.1) is 0 Å². The van der Waals surface area contributed by atoms with E-state index < -0.39 is 5.41 Å². The number of carbonyl (C=O) groups is 2. The van der Waals surface area contributed by atoms with Gasteiger partial charge >= 0.3 is 0 Å². The molecule has 0 radical (unpaired) electrons. The van der Waals surface area contributed by atoms with Crippen LogP contribution >= 0.6 is 23.4 Å². The van der Waals surface area contributed by atoms with Gasteiger partial charge in [-0.2, -0.15) is 0 Å². The normalized spacial score (nSPS) is 15.8. The lowest BCUT2D eigenvalue weighted by molar-refractivity contribution is -0.142. The van der Waals surface area contributed by atoms with Crippen molar-refractivity contribution in [2.45, 2.75) is 51.2 Å². The zero-order valence-corrected chi connectivity index (χ0v) is 25.2. The lowest BCUT2D eigenvalue weighted by atomic mass is 9.88. The van der Waals surface area contributed by atoms with Crippen molar-refractivity contribution < 1.29 is 9.59 Å². The number of nitrogens with one attached hydrogen (secondary N) is 1. The molecule has 1 aliphatic heterocycles. The standard InChI is InChI=1S/C31H38ClN5O2S/c1-22-20-36(17-18-37(22)29(39)31(2,3)4)27-19-26(32)34-30(35-27)40-21-28(38)33-16-15-25(23-11-7-5-8-12-23)24-13-9-6-10-14-24/h5-14,19,22,25H,15-18,20-21H2,1-4H3,(H,33,38). The molecule has 2 amide bonds. The van der Waals surface area contributed by atoms with Gasteiger partial charge in [0, 0.05) is 49.6 Å². The number of piperazine rings is 1. The minimum absolute atomic E-state index is 0.0479. The summed E-state index contributed by atoms with van der Waals surface area (Å²) >= 11 is 7.61. The molecule has 1 aliphatic rings. The highest BCUT2D eigenvalue weighted by atomic mass is 35.5. The first kappa shape index (κ1) is 29.9. The minimum atomic E-state index is -0.414. The Morgan fingerprint density at radius 3 is 2.23 bits per heavy atom. The van der Waals surface area contributed by atoms with Gasteiger partial charge in [0.2, 0.25) is 11.8 Å². The molecule has 212 valence electrons. The number of rotatable bonds is 9. The summed E-state index contributed by atoms with van der Waals surface area (Å²) in [6, 6.07) is 22.5. The van der Waals surface area contributed by atoms with E-state index in [4.69, 9.17) is 11.6 Å². The monoisotopic (exact) mass is 579 g/mol. The zero-order valence-electron chi connectivity index (χ0n) is 23.6. The molecule has 1 unspecified atom stereocenters. The average molecular weight is 580 g/mol. The fourth-order valence-electron chi connectivity index (χ4n) is 4.94. The summed E-state index contributed by atoms with van der Waals surface area (Å²) in [7, 11) is 0.